The van der Waals surface area contributed by atoms with Gasteiger partial charge in [-0.2, -0.15) is 0 Å². The first-order chi connectivity index (χ1) is 7.34. The van der Waals surface area contributed by atoms with Crippen molar-refractivity contribution in [3.05, 3.63) is 30.1 Å². The van der Waals surface area contributed by atoms with Crippen LogP contribution in [0.4, 0.5) is 4.39 Å². The summed E-state index contributed by atoms with van der Waals surface area (Å²) in [7, 11) is 0. The number of hydrogen-bond acceptors (Lipinski definition) is 1. The molecule has 1 aliphatic rings. The van der Waals surface area contributed by atoms with Crippen molar-refractivity contribution in [2.45, 2.75) is 32.1 Å². The van der Waals surface area contributed by atoms with Gasteiger partial charge in [-0.15, -0.1) is 0 Å². The van der Waals surface area contributed by atoms with Crippen molar-refractivity contribution in [3.8, 4) is 5.75 Å². The predicted molar refractivity (Wildman–Crippen MR) is 57.3 cm³/mol. The molecule has 2 heteroatoms. The van der Waals surface area contributed by atoms with E-state index in [0.717, 1.165) is 12.3 Å². The SMILES string of the molecule is Fc1cc[c]c(OCCC2CCCC2)c1. The molecule has 1 aliphatic carbocycles. The smallest absolute Gasteiger partial charge is 0.130 e. The van der Waals surface area contributed by atoms with Gasteiger partial charge in [0.05, 0.1) is 6.61 Å². The van der Waals surface area contributed by atoms with E-state index in [4.69, 9.17) is 4.74 Å². The molecule has 1 aromatic carbocycles. The summed E-state index contributed by atoms with van der Waals surface area (Å²) in [5, 5.41) is 0. The van der Waals surface area contributed by atoms with E-state index in [2.05, 4.69) is 6.07 Å². The highest BCUT2D eigenvalue weighted by molar-refractivity contribution is 5.20. The molecule has 1 radical (unpaired) electrons. The lowest BCUT2D eigenvalue weighted by Gasteiger charge is -2.09. The molecule has 1 aromatic rings. The second-order valence-electron chi connectivity index (χ2n) is 4.16. The number of benzene rings is 1. The molecular weight excluding hydrogens is 191 g/mol. The molecule has 1 fully saturated rings. The van der Waals surface area contributed by atoms with E-state index >= 15 is 0 Å². The Kier molecular flexibility index (Phi) is 3.59. The topological polar surface area (TPSA) is 9.23 Å². The zero-order valence-corrected chi connectivity index (χ0v) is 8.84. The lowest BCUT2D eigenvalue weighted by Crippen LogP contribution is -2.03. The Hall–Kier alpha value is -1.05. The van der Waals surface area contributed by atoms with Gasteiger partial charge in [-0.1, -0.05) is 25.7 Å². The molecule has 0 heterocycles. The molecule has 15 heavy (non-hydrogen) atoms. The third-order valence-corrected chi connectivity index (χ3v) is 3.00. The molecule has 0 aromatic heterocycles. The Labute approximate surface area is 90.3 Å². The molecule has 0 unspecified atom stereocenters. The van der Waals surface area contributed by atoms with Crippen LogP contribution in [-0.2, 0) is 0 Å². The van der Waals surface area contributed by atoms with E-state index in [9.17, 15) is 4.39 Å². The molecule has 81 valence electrons. The van der Waals surface area contributed by atoms with Gasteiger partial charge in [0.25, 0.3) is 0 Å². The fraction of sp³-hybridized carbons (Fsp3) is 0.538. The Balaban J connectivity index is 1.73. The minimum Gasteiger partial charge on any atom is -0.493 e. The molecule has 0 spiro atoms. The molecular formula is C13H16FO. The first-order valence-corrected chi connectivity index (χ1v) is 5.64. The predicted octanol–water partition coefficient (Wildman–Crippen LogP) is 3.58. The second-order valence-corrected chi connectivity index (χ2v) is 4.16. The average Bonchev–Trinajstić information content (AvgIpc) is 2.71. The van der Waals surface area contributed by atoms with Crippen LogP contribution in [0.5, 0.6) is 5.75 Å². The van der Waals surface area contributed by atoms with Gasteiger partial charge < -0.3 is 4.74 Å². The maximum Gasteiger partial charge on any atom is 0.130 e. The molecule has 0 N–H and O–H groups in total. The van der Waals surface area contributed by atoms with Crippen LogP contribution in [0.1, 0.15) is 32.1 Å². The Bertz CT molecular complexity index is 305. The van der Waals surface area contributed by atoms with Crippen molar-refractivity contribution < 1.29 is 9.13 Å². The molecule has 1 nitrogen and oxygen atoms in total. The summed E-state index contributed by atoms with van der Waals surface area (Å²) in [4.78, 5) is 0. The van der Waals surface area contributed by atoms with Gasteiger partial charge in [0, 0.05) is 12.1 Å². The van der Waals surface area contributed by atoms with Crippen molar-refractivity contribution in [3.63, 3.8) is 0 Å². The zero-order valence-electron chi connectivity index (χ0n) is 8.84. The van der Waals surface area contributed by atoms with Crippen LogP contribution < -0.4 is 4.74 Å². The largest absolute Gasteiger partial charge is 0.493 e. The zero-order chi connectivity index (χ0) is 10.5. The standard InChI is InChI=1S/C13H16FO/c14-12-6-3-7-13(10-12)15-9-8-11-4-1-2-5-11/h3,6,10-11H,1-2,4-5,8-9H2. The van der Waals surface area contributed by atoms with Crippen LogP contribution in [0.15, 0.2) is 18.2 Å². The van der Waals surface area contributed by atoms with Crippen LogP contribution in [0.25, 0.3) is 0 Å². The van der Waals surface area contributed by atoms with Crippen LogP contribution in [0.2, 0.25) is 0 Å². The van der Waals surface area contributed by atoms with Gasteiger partial charge >= 0.3 is 0 Å². The summed E-state index contributed by atoms with van der Waals surface area (Å²) in [6.45, 7) is 0.685. The maximum atomic E-state index is 12.8. The van der Waals surface area contributed by atoms with Crippen molar-refractivity contribution in [2.24, 2.45) is 5.92 Å². The van der Waals surface area contributed by atoms with E-state index in [1.807, 2.05) is 0 Å². The third-order valence-electron chi connectivity index (χ3n) is 3.00. The fourth-order valence-electron chi connectivity index (χ4n) is 2.14. The summed E-state index contributed by atoms with van der Waals surface area (Å²) in [5.41, 5.74) is 0. The summed E-state index contributed by atoms with van der Waals surface area (Å²) in [6.07, 6.45) is 6.46. The number of halogens is 1. The summed E-state index contributed by atoms with van der Waals surface area (Å²) in [6, 6.07) is 7.19. The van der Waals surface area contributed by atoms with Crippen molar-refractivity contribution in [1.82, 2.24) is 0 Å². The molecule has 0 aliphatic heterocycles. The molecule has 0 bridgehead atoms. The normalized spacial score (nSPS) is 16.9. The van der Waals surface area contributed by atoms with E-state index in [1.165, 1.54) is 37.8 Å². The highest BCUT2D eigenvalue weighted by atomic mass is 19.1. The van der Waals surface area contributed by atoms with Crippen molar-refractivity contribution >= 4 is 0 Å². The van der Waals surface area contributed by atoms with E-state index in [-0.39, 0.29) is 5.82 Å². The van der Waals surface area contributed by atoms with Crippen LogP contribution in [0.3, 0.4) is 0 Å². The van der Waals surface area contributed by atoms with E-state index in [0.29, 0.717) is 12.4 Å². The molecule has 0 atom stereocenters. The quantitative estimate of drug-likeness (QED) is 0.733. The van der Waals surface area contributed by atoms with Gasteiger partial charge in [0.2, 0.25) is 0 Å². The third kappa shape index (κ3) is 3.22. The molecule has 2 rings (SSSR count). The van der Waals surface area contributed by atoms with Crippen LogP contribution in [0, 0.1) is 17.8 Å². The minimum atomic E-state index is -0.260. The maximum absolute atomic E-state index is 12.8. The van der Waals surface area contributed by atoms with Gasteiger partial charge in [0.1, 0.15) is 11.6 Å². The lowest BCUT2D eigenvalue weighted by molar-refractivity contribution is 0.277. The average molecular weight is 207 g/mol. The Morgan fingerprint density at radius 2 is 2.20 bits per heavy atom. The fourth-order valence-corrected chi connectivity index (χ4v) is 2.14. The van der Waals surface area contributed by atoms with Gasteiger partial charge in [-0.3, -0.25) is 0 Å². The van der Waals surface area contributed by atoms with E-state index < -0.39 is 0 Å². The highest BCUT2D eigenvalue weighted by Gasteiger charge is 2.14. The van der Waals surface area contributed by atoms with Crippen molar-refractivity contribution in [2.75, 3.05) is 6.61 Å². The Morgan fingerprint density at radius 3 is 2.93 bits per heavy atom. The molecule has 0 saturated heterocycles. The first-order valence-electron chi connectivity index (χ1n) is 5.64. The minimum absolute atomic E-state index is 0.260. The number of ether oxygens (including phenoxy) is 1. The van der Waals surface area contributed by atoms with Crippen molar-refractivity contribution in [1.29, 1.82) is 0 Å². The van der Waals surface area contributed by atoms with Gasteiger partial charge in [-0.25, -0.2) is 4.39 Å². The van der Waals surface area contributed by atoms with Crippen LogP contribution in [-0.4, -0.2) is 6.61 Å². The summed E-state index contributed by atoms with van der Waals surface area (Å²) < 4.78 is 18.2. The monoisotopic (exact) mass is 207 g/mol. The lowest BCUT2D eigenvalue weighted by atomic mass is 10.1. The molecule has 1 saturated carbocycles. The highest BCUT2D eigenvalue weighted by Crippen LogP contribution is 2.27. The van der Waals surface area contributed by atoms with E-state index in [1.54, 1.807) is 6.07 Å². The number of rotatable bonds is 4. The number of hydrogen-bond donors (Lipinski definition) is 0. The second kappa shape index (κ2) is 5.15. The van der Waals surface area contributed by atoms with Gasteiger partial charge in [0.15, 0.2) is 0 Å². The first kappa shape index (κ1) is 10.5. The summed E-state index contributed by atoms with van der Waals surface area (Å²) in [5.74, 6) is 1.08. The summed E-state index contributed by atoms with van der Waals surface area (Å²) >= 11 is 0. The Morgan fingerprint density at radius 1 is 1.40 bits per heavy atom. The van der Waals surface area contributed by atoms with Gasteiger partial charge in [-0.05, 0) is 24.5 Å². The van der Waals surface area contributed by atoms with Crippen LogP contribution >= 0.6 is 0 Å². The molecule has 0 amide bonds.